The summed E-state index contributed by atoms with van der Waals surface area (Å²) in [6.07, 6.45) is 7.36. The van der Waals surface area contributed by atoms with Gasteiger partial charge in [0.15, 0.2) is 11.5 Å². The molecule has 0 spiro atoms. The summed E-state index contributed by atoms with van der Waals surface area (Å²) in [4.78, 5) is 14.5. The molecule has 0 N–H and O–H groups in total. The number of methoxy groups -OCH3 is 1. The maximum atomic E-state index is 12.6. The molecule has 0 radical (unpaired) electrons. The number of hydrogen-bond donors (Lipinski definition) is 0. The number of carbonyl (C=O) groups is 1. The van der Waals surface area contributed by atoms with Gasteiger partial charge in [-0.2, -0.15) is 0 Å². The monoisotopic (exact) mass is 303 g/mol. The van der Waals surface area contributed by atoms with Crippen molar-refractivity contribution in [2.24, 2.45) is 11.8 Å². The fraction of sp³-hybridized carbons (Fsp3) is 0.611. The van der Waals surface area contributed by atoms with Crippen molar-refractivity contribution in [3.63, 3.8) is 0 Å². The van der Waals surface area contributed by atoms with Crippen LogP contribution >= 0.6 is 0 Å². The van der Waals surface area contributed by atoms with Gasteiger partial charge >= 0.3 is 6.09 Å². The summed E-state index contributed by atoms with van der Waals surface area (Å²) in [6.45, 7) is 1.68. The van der Waals surface area contributed by atoms with Crippen molar-refractivity contribution in [2.75, 3.05) is 20.2 Å². The van der Waals surface area contributed by atoms with Gasteiger partial charge in [0, 0.05) is 13.1 Å². The Kier molecular flexibility index (Phi) is 4.86. The second-order valence-corrected chi connectivity index (χ2v) is 6.52. The first-order valence-corrected chi connectivity index (χ1v) is 8.36. The predicted molar refractivity (Wildman–Crippen MR) is 85.3 cm³/mol. The Morgan fingerprint density at radius 2 is 1.59 bits per heavy atom. The van der Waals surface area contributed by atoms with Crippen LogP contribution in [-0.4, -0.2) is 31.2 Å². The van der Waals surface area contributed by atoms with Gasteiger partial charge < -0.3 is 14.4 Å². The van der Waals surface area contributed by atoms with Crippen LogP contribution in [0.5, 0.6) is 11.5 Å². The molecule has 2 atom stereocenters. The largest absolute Gasteiger partial charge is 0.493 e. The van der Waals surface area contributed by atoms with Crippen LogP contribution in [-0.2, 0) is 0 Å². The molecular formula is C18H25NO3. The number of hydrogen-bond acceptors (Lipinski definition) is 3. The Hall–Kier alpha value is -1.71. The van der Waals surface area contributed by atoms with Crippen molar-refractivity contribution >= 4 is 6.09 Å². The molecule has 4 nitrogen and oxygen atoms in total. The van der Waals surface area contributed by atoms with E-state index in [-0.39, 0.29) is 6.09 Å². The highest BCUT2D eigenvalue weighted by atomic mass is 16.6. The molecule has 1 amide bonds. The summed E-state index contributed by atoms with van der Waals surface area (Å²) in [7, 11) is 1.59. The second kappa shape index (κ2) is 7.03. The van der Waals surface area contributed by atoms with Crippen molar-refractivity contribution in [2.45, 2.75) is 38.5 Å². The molecule has 22 heavy (non-hydrogen) atoms. The van der Waals surface area contributed by atoms with E-state index >= 15 is 0 Å². The maximum absolute atomic E-state index is 12.6. The minimum Gasteiger partial charge on any atom is -0.493 e. The van der Waals surface area contributed by atoms with Crippen LogP contribution in [0.2, 0.25) is 0 Å². The zero-order valence-electron chi connectivity index (χ0n) is 13.3. The van der Waals surface area contributed by atoms with Crippen LogP contribution in [0.25, 0.3) is 0 Å². The van der Waals surface area contributed by atoms with Gasteiger partial charge in [-0.05, 0) is 49.7 Å². The van der Waals surface area contributed by atoms with Gasteiger partial charge in [-0.1, -0.05) is 25.0 Å². The molecule has 3 rings (SSSR count). The standard InChI is InChI=1S/C18H25NO3/c1-21-16-8-4-5-9-17(16)22-18(20)19-12-14-6-2-3-7-15(13-19)11-10-14/h4-5,8-9,14-15H,2-3,6-7,10-13H2,1H3. The molecule has 1 aromatic rings. The van der Waals surface area contributed by atoms with Crippen molar-refractivity contribution in [3.8, 4) is 11.5 Å². The molecule has 2 bridgehead atoms. The lowest BCUT2D eigenvalue weighted by molar-refractivity contribution is 0.141. The first kappa shape index (κ1) is 15.2. The number of fused-ring (bicyclic) bond motifs is 3. The summed E-state index contributed by atoms with van der Waals surface area (Å²) in [5.41, 5.74) is 0. The summed E-state index contributed by atoms with van der Waals surface area (Å²) < 4.78 is 10.9. The van der Waals surface area contributed by atoms with E-state index in [1.807, 2.05) is 23.1 Å². The first-order valence-electron chi connectivity index (χ1n) is 8.36. The van der Waals surface area contributed by atoms with E-state index in [1.54, 1.807) is 13.2 Å². The van der Waals surface area contributed by atoms with E-state index in [1.165, 1.54) is 38.5 Å². The summed E-state index contributed by atoms with van der Waals surface area (Å²) >= 11 is 0. The number of amides is 1. The second-order valence-electron chi connectivity index (χ2n) is 6.52. The lowest BCUT2D eigenvalue weighted by Gasteiger charge is -2.24. The average Bonchev–Trinajstić information content (AvgIpc) is 2.66. The Morgan fingerprint density at radius 1 is 1.00 bits per heavy atom. The van der Waals surface area contributed by atoms with E-state index in [0.717, 1.165) is 13.1 Å². The predicted octanol–water partition coefficient (Wildman–Crippen LogP) is 4.10. The molecular weight excluding hydrogens is 278 g/mol. The highest BCUT2D eigenvalue weighted by Gasteiger charge is 2.29. The van der Waals surface area contributed by atoms with Gasteiger partial charge in [0.05, 0.1) is 7.11 Å². The average molecular weight is 303 g/mol. The van der Waals surface area contributed by atoms with E-state index < -0.39 is 0 Å². The molecule has 0 aromatic heterocycles. The molecule has 4 heteroatoms. The normalized spacial score (nSPS) is 25.0. The molecule has 1 aliphatic heterocycles. The van der Waals surface area contributed by atoms with Crippen LogP contribution in [0.15, 0.2) is 24.3 Å². The molecule has 1 saturated heterocycles. The molecule has 2 fully saturated rings. The third kappa shape index (κ3) is 3.54. The molecule has 2 unspecified atom stereocenters. The maximum Gasteiger partial charge on any atom is 0.415 e. The number of likely N-dealkylation sites (tertiary alicyclic amines) is 1. The summed E-state index contributed by atoms with van der Waals surface area (Å²) in [5.74, 6) is 2.37. The summed E-state index contributed by atoms with van der Waals surface area (Å²) in [5, 5.41) is 0. The van der Waals surface area contributed by atoms with Crippen molar-refractivity contribution < 1.29 is 14.3 Å². The first-order chi connectivity index (χ1) is 10.8. The van der Waals surface area contributed by atoms with Gasteiger partial charge in [-0.15, -0.1) is 0 Å². The molecule has 1 saturated carbocycles. The lowest BCUT2D eigenvalue weighted by Crippen LogP contribution is -2.38. The molecule has 1 aliphatic carbocycles. The highest BCUT2D eigenvalue weighted by molar-refractivity contribution is 5.71. The zero-order chi connectivity index (χ0) is 15.4. The Labute approximate surface area is 132 Å². The number of benzene rings is 1. The van der Waals surface area contributed by atoms with E-state index in [0.29, 0.717) is 23.3 Å². The lowest BCUT2D eigenvalue weighted by atomic mass is 9.87. The minimum absolute atomic E-state index is 0.233. The fourth-order valence-corrected chi connectivity index (χ4v) is 3.70. The highest BCUT2D eigenvalue weighted by Crippen LogP contribution is 2.32. The van der Waals surface area contributed by atoms with Crippen molar-refractivity contribution in [1.29, 1.82) is 0 Å². The molecule has 2 aliphatic rings. The fourth-order valence-electron chi connectivity index (χ4n) is 3.70. The van der Waals surface area contributed by atoms with E-state index in [4.69, 9.17) is 9.47 Å². The van der Waals surface area contributed by atoms with Crippen LogP contribution in [0.3, 0.4) is 0 Å². The quantitative estimate of drug-likeness (QED) is 0.825. The number of para-hydroxylation sites is 2. The topological polar surface area (TPSA) is 38.8 Å². The van der Waals surface area contributed by atoms with E-state index in [2.05, 4.69) is 0 Å². The smallest absolute Gasteiger partial charge is 0.415 e. The van der Waals surface area contributed by atoms with Crippen LogP contribution < -0.4 is 9.47 Å². The molecule has 1 aromatic carbocycles. The number of nitrogens with zero attached hydrogens (tertiary/aromatic N) is 1. The number of ether oxygens (including phenoxy) is 2. The van der Waals surface area contributed by atoms with Crippen molar-refractivity contribution in [1.82, 2.24) is 4.90 Å². The molecule has 120 valence electrons. The van der Waals surface area contributed by atoms with Gasteiger partial charge in [-0.3, -0.25) is 0 Å². The third-order valence-electron chi connectivity index (χ3n) is 4.94. The van der Waals surface area contributed by atoms with E-state index in [9.17, 15) is 4.79 Å². The van der Waals surface area contributed by atoms with Crippen LogP contribution in [0.1, 0.15) is 38.5 Å². The van der Waals surface area contributed by atoms with Gasteiger partial charge in [0.2, 0.25) is 0 Å². The zero-order valence-corrected chi connectivity index (χ0v) is 13.3. The van der Waals surface area contributed by atoms with Crippen molar-refractivity contribution in [3.05, 3.63) is 24.3 Å². The number of carbonyl (C=O) groups excluding carboxylic acids is 1. The van der Waals surface area contributed by atoms with Crippen LogP contribution in [0.4, 0.5) is 4.79 Å². The van der Waals surface area contributed by atoms with Crippen LogP contribution in [0, 0.1) is 11.8 Å². The summed E-state index contributed by atoms with van der Waals surface area (Å²) in [6, 6.07) is 7.32. The van der Waals surface area contributed by atoms with Gasteiger partial charge in [-0.25, -0.2) is 4.79 Å². The third-order valence-corrected chi connectivity index (χ3v) is 4.94. The van der Waals surface area contributed by atoms with Gasteiger partial charge in [0.1, 0.15) is 0 Å². The van der Waals surface area contributed by atoms with Gasteiger partial charge in [0.25, 0.3) is 0 Å². The Morgan fingerprint density at radius 3 is 2.18 bits per heavy atom. The Balaban J connectivity index is 1.71. The number of rotatable bonds is 2. The molecule has 1 heterocycles. The Bertz CT molecular complexity index is 501. The minimum atomic E-state index is -0.233. The SMILES string of the molecule is COc1ccccc1OC(=O)N1CC2CCCCC(CC2)C1.